The summed E-state index contributed by atoms with van der Waals surface area (Å²) in [6.45, 7) is 5.97. The summed E-state index contributed by atoms with van der Waals surface area (Å²) in [6.07, 6.45) is 21.0. The van der Waals surface area contributed by atoms with Crippen molar-refractivity contribution >= 4 is 14.1 Å². The molecule has 0 spiro atoms. The van der Waals surface area contributed by atoms with Gasteiger partial charge in [0.2, 0.25) is 0 Å². The Morgan fingerprint density at radius 2 is 1.00 bits per heavy atom. The van der Waals surface area contributed by atoms with E-state index in [1.807, 2.05) is 13.1 Å². The Morgan fingerprint density at radius 3 is 1.33 bits per heavy atom. The standard InChI is InChI=1S/C21H44O2Si/c1-4-5-6-7-8-9-10-11-12-13-14-15-16-17-18-19-21(22)20-24(2,3)23/h23H,4-20H2,1-3H3. The Morgan fingerprint density at radius 1 is 0.667 bits per heavy atom. The van der Waals surface area contributed by atoms with E-state index in [1.54, 1.807) is 0 Å². The lowest BCUT2D eigenvalue weighted by Gasteiger charge is -2.12. The first-order chi connectivity index (χ1) is 11.5. The van der Waals surface area contributed by atoms with Crippen molar-refractivity contribution in [2.45, 2.75) is 129 Å². The predicted octanol–water partition coefficient (Wildman–Crippen LogP) is 7.01. The first-order valence-corrected chi connectivity index (χ1v) is 13.8. The molecule has 1 N–H and O–H groups in total. The van der Waals surface area contributed by atoms with Crippen molar-refractivity contribution in [3.8, 4) is 0 Å². The van der Waals surface area contributed by atoms with Crippen LogP contribution in [0.5, 0.6) is 0 Å². The van der Waals surface area contributed by atoms with Crippen LogP contribution in [0.1, 0.15) is 110 Å². The molecule has 0 aromatic carbocycles. The molecule has 3 heteroatoms. The summed E-state index contributed by atoms with van der Waals surface area (Å²) < 4.78 is 0. The van der Waals surface area contributed by atoms with Gasteiger partial charge in [-0.2, -0.15) is 0 Å². The van der Waals surface area contributed by atoms with Crippen molar-refractivity contribution in [1.29, 1.82) is 0 Å². The van der Waals surface area contributed by atoms with Gasteiger partial charge in [-0.05, 0) is 19.5 Å². The molecule has 24 heavy (non-hydrogen) atoms. The number of carbonyl (C=O) groups excluding carboxylic acids is 1. The average molecular weight is 357 g/mol. The molecule has 0 aromatic heterocycles. The maximum Gasteiger partial charge on any atom is 0.189 e. The third-order valence-corrected chi connectivity index (χ3v) is 5.95. The van der Waals surface area contributed by atoms with E-state index >= 15 is 0 Å². The van der Waals surface area contributed by atoms with Crippen molar-refractivity contribution in [3.05, 3.63) is 0 Å². The second-order valence-corrected chi connectivity index (χ2v) is 12.2. The Labute approximate surface area is 152 Å². The van der Waals surface area contributed by atoms with Gasteiger partial charge in [-0.3, -0.25) is 4.79 Å². The van der Waals surface area contributed by atoms with Crippen LogP contribution in [0.25, 0.3) is 0 Å². The molecule has 0 aliphatic carbocycles. The molecule has 0 bridgehead atoms. The van der Waals surface area contributed by atoms with E-state index in [9.17, 15) is 9.59 Å². The third kappa shape index (κ3) is 19.9. The zero-order valence-electron chi connectivity index (χ0n) is 16.9. The van der Waals surface area contributed by atoms with Gasteiger partial charge in [0.05, 0.1) is 0 Å². The minimum atomic E-state index is -2.18. The monoisotopic (exact) mass is 356 g/mol. The second-order valence-electron chi connectivity index (χ2n) is 8.23. The highest BCUT2D eigenvalue weighted by atomic mass is 28.4. The zero-order chi connectivity index (χ0) is 18.1. The number of hydrogen-bond acceptors (Lipinski definition) is 2. The fraction of sp³-hybridized carbons (Fsp3) is 0.952. The number of ketones is 1. The van der Waals surface area contributed by atoms with Gasteiger partial charge >= 0.3 is 0 Å². The summed E-state index contributed by atoms with van der Waals surface area (Å²) in [4.78, 5) is 21.4. The molecule has 0 aliphatic rings. The maximum atomic E-state index is 11.7. The third-order valence-electron chi connectivity index (χ3n) is 4.69. The SMILES string of the molecule is CCCCCCCCCCCCCCCCCC(=O)C[Si](C)(C)O. The Kier molecular flexibility index (Phi) is 16.2. The van der Waals surface area contributed by atoms with Crippen LogP contribution in [0.2, 0.25) is 19.1 Å². The topological polar surface area (TPSA) is 37.3 Å². The fourth-order valence-electron chi connectivity index (χ4n) is 3.26. The Hall–Kier alpha value is -0.153. The van der Waals surface area contributed by atoms with Crippen LogP contribution >= 0.6 is 0 Å². The van der Waals surface area contributed by atoms with Crippen LogP contribution in [-0.4, -0.2) is 18.9 Å². The average Bonchev–Trinajstić information content (AvgIpc) is 2.49. The van der Waals surface area contributed by atoms with E-state index in [1.165, 1.54) is 89.9 Å². The quantitative estimate of drug-likeness (QED) is 0.212. The van der Waals surface area contributed by atoms with E-state index in [2.05, 4.69) is 6.92 Å². The predicted molar refractivity (Wildman–Crippen MR) is 109 cm³/mol. The molecule has 0 atom stereocenters. The van der Waals surface area contributed by atoms with Crippen molar-refractivity contribution < 1.29 is 9.59 Å². The molecule has 0 fully saturated rings. The number of unbranched alkanes of at least 4 members (excludes halogenated alkanes) is 14. The lowest BCUT2D eigenvalue weighted by atomic mass is 10.0. The molecule has 2 nitrogen and oxygen atoms in total. The largest absolute Gasteiger partial charge is 0.432 e. The van der Waals surface area contributed by atoms with Crippen molar-refractivity contribution in [3.63, 3.8) is 0 Å². The number of carbonyl (C=O) groups is 1. The van der Waals surface area contributed by atoms with Gasteiger partial charge in [-0.1, -0.05) is 96.8 Å². The van der Waals surface area contributed by atoms with Crippen molar-refractivity contribution in [1.82, 2.24) is 0 Å². The molecule has 0 aromatic rings. The molecule has 0 rings (SSSR count). The Balaban J connectivity index is 3.14. The molecular formula is C21H44O2Si. The molecule has 0 amide bonds. The van der Waals surface area contributed by atoms with Gasteiger partial charge in [0.15, 0.2) is 8.32 Å². The lowest BCUT2D eigenvalue weighted by molar-refractivity contribution is -0.117. The number of rotatable bonds is 18. The van der Waals surface area contributed by atoms with Gasteiger partial charge in [0, 0.05) is 12.5 Å². The van der Waals surface area contributed by atoms with Crippen LogP contribution in [0.4, 0.5) is 0 Å². The number of Topliss-reactive ketones (excluding diaryl/α,β-unsaturated/α-hetero) is 1. The molecule has 0 unspecified atom stereocenters. The summed E-state index contributed by atoms with van der Waals surface area (Å²) in [6, 6.07) is 0.436. The summed E-state index contributed by atoms with van der Waals surface area (Å²) in [5, 5.41) is 0. The molecule has 0 radical (unpaired) electrons. The second kappa shape index (κ2) is 16.3. The molecule has 0 aliphatic heterocycles. The minimum Gasteiger partial charge on any atom is -0.432 e. The van der Waals surface area contributed by atoms with E-state index in [-0.39, 0.29) is 5.78 Å². The molecule has 144 valence electrons. The fourth-order valence-corrected chi connectivity index (χ4v) is 4.41. The summed E-state index contributed by atoms with van der Waals surface area (Å²) >= 11 is 0. The first kappa shape index (κ1) is 23.8. The minimum absolute atomic E-state index is 0.267. The van der Waals surface area contributed by atoms with Gasteiger partial charge in [0.25, 0.3) is 0 Å². The van der Waals surface area contributed by atoms with E-state index in [0.717, 1.165) is 6.42 Å². The first-order valence-electron chi connectivity index (χ1n) is 10.7. The summed E-state index contributed by atoms with van der Waals surface area (Å²) in [5.74, 6) is 0.267. The highest BCUT2D eigenvalue weighted by Crippen LogP contribution is 2.14. The molecular weight excluding hydrogens is 312 g/mol. The molecule has 0 saturated carbocycles. The van der Waals surface area contributed by atoms with Crippen LogP contribution in [-0.2, 0) is 4.79 Å². The van der Waals surface area contributed by atoms with E-state index in [0.29, 0.717) is 12.5 Å². The van der Waals surface area contributed by atoms with E-state index < -0.39 is 8.32 Å². The van der Waals surface area contributed by atoms with Gasteiger partial charge in [0.1, 0.15) is 5.78 Å². The van der Waals surface area contributed by atoms with Gasteiger partial charge < -0.3 is 4.80 Å². The normalized spacial score (nSPS) is 11.8. The van der Waals surface area contributed by atoms with Crippen LogP contribution < -0.4 is 0 Å². The van der Waals surface area contributed by atoms with Crippen LogP contribution in [0.3, 0.4) is 0 Å². The molecule has 0 saturated heterocycles. The summed E-state index contributed by atoms with van der Waals surface area (Å²) in [7, 11) is -2.18. The van der Waals surface area contributed by atoms with Crippen LogP contribution in [0, 0.1) is 0 Å². The van der Waals surface area contributed by atoms with Gasteiger partial charge in [-0.15, -0.1) is 0 Å². The summed E-state index contributed by atoms with van der Waals surface area (Å²) in [5.41, 5.74) is 0. The van der Waals surface area contributed by atoms with Crippen molar-refractivity contribution in [2.24, 2.45) is 0 Å². The Bertz CT molecular complexity index is 284. The van der Waals surface area contributed by atoms with Crippen LogP contribution in [0.15, 0.2) is 0 Å². The smallest absolute Gasteiger partial charge is 0.189 e. The van der Waals surface area contributed by atoms with Gasteiger partial charge in [-0.25, -0.2) is 0 Å². The van der Waals surface area contributed by atoms with Crippen molar-refractivity contribution in [2.75, 3.05) is 0 Å². The number of hydrogen-bond donors (Lipinski definition) is 1. The highest BCUT2D eigenvalue weighted by molar-refractivity contribution is 6.72. The molecule has 0 heterocycles. The zero-order valence-corrected chi connectivity index (χ0v) is 17.9. The highest BCUT2D eigenvalue weighted by Gasteiger charge is 2.20. The maximum absolute atomic E-state index is 11.7. The van der Waals surface area contributed by atoms with E-state index in [4.69, 9.17) is 0 Å². The lowest BCUT2D eigenvalue weighted by Crippen LogP contribution is -2.28.